The van der Waals surface area contributed by atoms with Crippen LogP contribution in [-0.4, -0.2) is 29.2 Å². The molecule has 1 atom stereocenters. The number of nitrogens with one attached hydrogen (secondary N) is 1. The maximum Gasteiger partial charge on any atom is 0.218 e. The van der Waals surface area contributed by atoms with Crippen LogP contribution in [0.25, 0.3) is 0 Å². The zero-order chi connectivity index (χ0) is 15.2. The first-order valence-corrected chi connectivity index (χ1v) is 8.75. The Bertz CT molecular complexity index is 469. The van der Waals surface area contributed by atoms with E-state index in [9.17, 15) is 0 Å². The molecule has 1 aliphatic carbocycles. The van der Waals surface area contributed by atoms with Gasteiger partial charge in [-0.2, -0.15) is 4.98 Å². The molecule has 5 nitrogen and oxygen atoms in total. The molecule has 1 unspecified atom stereocenters. The van der Waals surface area contributed by atoms with Gasteiger partial charge in [-0.15, -0.1) is 0 Å². The lowest BCUT2D eigenvalue weighted by molar-refractivity contribution is 0.104. The van der Waals surface area contributed by atoms with Gasteiger partial charge in [0.1, 0.15) is 11.9 Å². The van der Waals surface area contributed by atoms with Crippen molar-refractivity contribution in [3.8, 4) is 5.88 Å². The average molecular weight is 305 g/mol. The number of hydrogen-bond acceptors (Lipinski definition) is 5. The molecule has 1 aromatic heterocycles. The standard InChI is InChI=1S/C17H27N3O2/c1-2-10-22-16-12-15(18-13-7-4-3-5-8-13)19-17(20-16)14-9-6-11-21-14/h12-14H,2-11H2,1H3,(H,18,19,20). The molecule has 0 amide bonds. The quantitative estimate of drug-likeness (QED) is 0.865. The van der Waals surface area contributed by atoms with E-state index in [-0.39, 0.29) is 6.10 Å². The Balaban J connectivity index is 1.75. The van der Waals surface area contributed by atoms with Crippen LogP contribution in [0.5, 0.6) is 5.88 Å². The van der Waals surface area contributed by atoms with Crippen molar-refractivity contribution in [1.82, 2.24) is 9.97 Å². The summed E-state index contributed by atoms with van der Waals surface area (Å²) in [5, 5.41) is 3.57. The summed E-state index contributed by atoms with van der Waals surface area (Å²) in [7, 11) is 0. The van der Waals surface area contributed by atoms with E-state index >= 15 is 0 Å². The minimum absolute atomic E-state index is 0.0251. The lowest BCUT2D eigenvalue weighted by atomic mass is 9.95. The number of ether oxygens (including phenoxy) is 2. The van der Waals surface area contributed by atoms with Crippen LogP contribution in [0.1, 0.15) is 70.2 Å². The van der Waals surface area contributed by atoms with E-state index in [2.05, 4.69) is 17.2 Å². The third-order valence-electron chi connectivity index (χ3n) is 4.35. The van der Waals surface area contributed by atoms with Crippen molar-refractivity contribution in [2.24, 2.45) is 0 Å². The molecule has 1 aliphatic heterocycles. The molecule has 2 aliphatic rings. The van der Waals surface area contributed by atoms with Crippen molar-refractivity contribution >= 4 is 5.82 Å². The Morgan fingerprint density at radius 1 is 1.18 bits per heavy atom. The number of nitrogens with zero attached hydrogens (tertiary/aromatic N) is 2. The molecule has 122 valence electrons. The van der Waals surface area contributed by atoms with Crippen molar-refractivity contribution in [1.29, 1.82) is 0 Å². The summed E-state index contributed by atoms with van der Waals surface area (Å²) in [5.74, 6) is 2.32. The van der Waals surface area contributed by atoms with E-state index in [1.165, 1.54) is 32.1 Å². The molecule has 22 heavy (non-hydrogen) atoms. The second-order valence-corrected chi connectivity index (χ2v) is 6.28. The fourth-order valence-corrected chi connectivity index (χ4v) is 3.18. The molecule has 1 saturated heterocycles. The molecule has 3 rings (SSSR count). The van der Waals surface area contributed by atoms with E-state index < -0.39 is 0 Å². The first-order valence-electron chi connectivity index (χ1n) is 8.75. The van der Waals surface area contributed by atoms with Crippen LogP contribution in [0, 0.1) is 0 Å². The minimum atomic E-state index is 0.0251. The Morgan fingerprint density at radius 3 is 2.77 bits per heavy atom. The van der Waals surface area contributed by atoms with Crippen molar-refractivity contribution in [3.05, 3.63) is 11.9 Å². The number of rotatable bonds is 6. The van der Waals surface area contributed by atoms with Gasteiger partial charge in [-0.1, -0.05) is 26.2 Å². The van der Waals surface area contributed by atoms with Gasteiger partial charge in [0.2, 0.25) is 5.88 Å². The maximum absolute atomic E-state index is 5.74. The molecular weight excluding hydrogens is 278 g/mol. The van der Waals surface area contributed by atoms with Crippen molar-refractivity contribution in [3.63, 3.8) is 0 Å². The molecule has 1 saturated carbocycles. The summed E-state index contributed by atoms with van der Waals surface area (Å²) in [4.78, 5) is 9.24. The summed E-state index contributed by atoms with van der Waals surface area (Å²) >= 11 is 0. The van der Waals surface area contributed by atoms with Gasteiger partial charge >= 0.3 is 0 Å². The highest BCUT2D eigenvalue weighted by atomic mass is 16.5. The van der Waals surface area contributed by atoms with Crippen LogP contribution in [0.4, 0.5) is 5.82 Å². The fourth-order valence-electron chi connectivity index (χ4n) is 3.18. The Labute approximate surface area is 132 Å². The highest BCUT2D eigenvalue weighted by molar-refractivity contribution is 5.40. The van der Waals surface area contributed by atoms with Crippen molar-refractivity contribution in [2.75, 3.05) is 18.5 Å². The highest BCUT2D eigenvalue weighted by Gasteiger charge is 2.23. The molecule has 5 heteroatoms. The smallest absolute Gasteiger partial charge is 0.218 e. The highest BCUT2D eigenvalue weighted by Crippen LogP contribution is 2.29. The summed E-state index contributed by atoms with van der Waals surface area (Å²) in [6, 6.07) is 2.46. The molecule has 0 spiro atoms. The second-order valence-electron chi connectivity index (χ2n) is 6.28. The van der Waals surface area contributed by atoms with Crippen LogP contribution in [0.2, 0.25) is 0 Å². The van der Waals surface area contributed by atoms with Gasteiger partial charge in [0, 0.05) is 18.7 Å². The summed E-state index contributed by atoms with van der Waals surface area (Å²) in [5.41, 5.74) is 0. The molecule has 0 aromatic carbocycles. The lowest BCUT2D eigenvalue weighted by Gasteiger charge is -2.24. The molecule has 1 N–H and O–H groups in total. The third kappa shape index (κ3) is 4.09. The van der Waals surface area contributed by atoms with E-state index in [1.807, 2.05) is 6.07 Å². The van der Waals surface area contributed by atoms with E-state index in [0.29, 0.717) is 18.5 Å². The number of hydrogen-bond donors (Lipinski definition) is 1. The molecule has 2 heterocycles. The van der Waals surface area contributed by atoms with Gasteiger partial charge in [0.25, 0.3) is 0 Å². The molecule has 1 aromatic rings. The molecule has 0 radical (unpaired) electrons. The number of anilines is 1. The SMILES string of the molecule is CCCOc1cc(NC2CCCCC2)nc(C2CCCO2)n1. The summed E-state index contributed by atoms with van der Waals surface area (Å²) in [6.45, 7) is 3.59. The Kier molecular flexibility index (Phi) is 5.48. The average Bonchev–Trinajstić information content (AvgIpc) is 3.08. The predicted molar refractivity (Wildman–Crippen MR) is 86.2 cm³/mol. The van der Waals surface area contributed by atoms with E-state index in [0.717, 1.165) is 37.5 Å². The topological polar surface area (TPSA) is 56.3 Å². The van der Waals surface area contributed by atoms with Crippen LogP contribution in [0.3, 0.4) is 0 Å². The Morgan fingerprint density at radius 2 is 2.05 bits per heavy atom. The lowest BCUT2D eigenvalue weighted by Crippen LogP contribution is -2.23. The van der Waals surface area contributed by atoms with Gasteiger partial charge in [0.05, 0.1) is 6.61 Å². The van der Waals surface area contributed by atoms with Crippen molar-refractivity contribution < 1.29 is 9.47 Å². The summed E-state index contributed by atoms with van der Waals surface area (Å²) < 4.78 is 11.5. The third-order valence-corrected chi connectivity index (χ3v) is 4.35. The second kappa shape index (κ2) is 7.77. The predicted octanol–water partition coefficient (Wildman–Crippen LogP) is 3.86. The first kappa shape index (κ1) is 15.5. The monoisotopic (exact) mass is 305 g/mol. The first-order chi connectivity index (χ1) is 10.8. The Hall–Kier alpha value is -1.36. The van der Waals surface area contributed by atoms with Gasteiger partial charge < -0.3 is 14.8 Å². The van der Waals surface area contributed by atoms with Gasteiger partial charge in [0.15, 0.2) is 5.82 Å². The zero-order valence-electron chi connectivity index (χ0n) is 13.5. The van der Waals surface area contributed by atoms with E-state index in [1.54, 1.807) is 0 Å². The number of aromatic nitrogens is 2. The molecule has 0 bridgehead atoms. The van der Waals surface area contributed by atoms with Crippen molar-refractivity contribution in [2.45, 2.75) is 70.4 Å². The van der Waals surface area contributed by atoms with Gasteiger partial charge in [-0.3, -0.25) is 0 Å². The van der Waals surface area contributed by atoms with Crippen LogP contribution < -0.4 is 10.1 Å². The zero-order valence-corrected chi connectivity index (χ0v) is 13.5. The van der Waals surface area contributed by atoms with E-state index in [4.69, 9.17) is 14.5 Å². The normalized spacial score (nSPS) is 22.7. The largest absolute Gasteiger partial charge is 0.478 e. The maximum atomic E-state index is 5.74. The summed E-state index contributed by atoms with van der Waals surface area (Å²) in [6.07, 6.45) is 9.51. The van der Waals surface area contributed by atoms with Crippen LogP contribution in [0.15, 0.2) is 6.07 Å². The molecule has 2 fully saturated rings. The van der Waals surface area contributed by atoms with Gasteiger partial charge in [-0.05, 0) is 32.1 Å². The van der Waals surface area contributed by atoms with Crippen LogP contribution >= 0.6 is 0 Å². The minimum Gasteiger partial charge on any atom is -0.478 e. The van der Waals surface area contributed by atoms with Gasteiger partial charge in [-0.25, -0.2) is 4.98 Å². The fraction of sp³-hybridized carbons (Fsp3) is 0.765. The molecular formula is C17H27N3O2. The van der Waals surface area contributed by atoms with Crippen LogP contribution in [-0.2, 0) is 4.74 Å².